The number of carbonyl (C=O) groups is 1. The van der Waals surface area contributed by atoms with Crippen LogP contribution < -0.4 is 4.74 Å². The highest BCUT2D eigenvalue weighted by Gasteiger charge is 2.20. The zero-order valence-corrected chi connectivity index (χ0v) is 18.1. The van der Waals surface area contributed by atoms with E-state index in [1.165, 1.54) is 5.56 Å². The van der Waals surface area contributed by atoms with Gasteiger partial charge in [-0.05, 0) is 72.2 Å². The molecule has 3 aromatic rings. The van der Waals surface area contributed by atoms with Crippen LogP contribution in [0.25, 0.3) is 0 Å². The molecule has 0 N–H and O–H groups in total. The van der Waals surface area contributed by atoms with E-state index in [9.17, 15) is 9.18 Å². The van der Waals surface area contributed by atoms with Crippen LogP contribution in [0, 0.1) is 0 Å². The van der Waals surface area contributed by atoms with E-state index in [2.05, 4.69) is 26.0 Å². The molecule has 0 saturated carbocycles. The minimum absolute atomic E-state index is 0.0283. The Morgan fingerprint density at radius 3 is 2.32 bits per heavy atom. The molecule has 0 aliphatic rings. The van der Waals surface area contributed by atoms with Crippen molar-refractivity contribution in [2.45, 2.75) is 38.5 Å². The van der Waals surface area contributed by atoms with Gasteiger partial charge in [-0.2, -0.15) is 0 Å². The first-order valence-corrected chi connectivity index (χ1v) is 10.6. The first-order valence-electron chi connectivity index (χ1n) is 10.6. The van der Waals surface area contributed by atoms with Crippen molar-refractivity contribution in [3.63, 3.8) is 0 Å². The van der Waals surface area contributed by atoms with Crippen LogP contribution in [0.5, 0.6) is 11.5 Å². The topological polar surface area (TPSA) is 35.5 Å². The molecule has 0 aromatic heterocycles. The number of hydrogen-bond acceptors (Lipinski definition) is 3. The Balaban J connectivity index is 1.54. The van der Waals surface area contributed by atoms with E-state index in [1.807, 2.05) is 54.6 Å². The number of hydrogen-bond donors (Lipinski definition) is 0. The maximum Gasteiger partial charge on any atom is 0.338 e. The smallest absolute Gasteiger partial charge is 0.338 e. The summed E-state index contributed by atoms with van der Waals surface area (Å²) >= 11 is 0. The fraction of sp³-hybridized carbons (Fsp3) is 0.296. The van der Waals surface area contributed by atoms with Gasteiger partial charge < -0.3 is 9.47 Å². The Kier molecular flexibility index (Phi) is 7.82. The zero-order chi connectivity index (χ0) is 22.1. The molecule has 162 valence electrons. The molecule has 0 spiro atoms. The van der Waals surface area contributed by atoms with Gasteiger partial charge in [-0.25, -0.2) is 9.18 Å². The van der Waals surface area contributed by atoms with Crippen molar-refractivity contribution in [3.8, 4) is 11.5 Å². The maximum atomic E-state index is 12.2. The third kappa shape index (κ3) is 6.68. The summed E-state index contributed by atoms with van der Waals surface area (Å²) in [6, 6.07) is 25.4. The zero-order valence-electron chi connectivity index (χ0n) is 18.1. The first-order chi connectivity index (χ1) is 15.0. The molecule has 0 fully saturated rings. The second-order valence-corrected chi connectivity index (χ2v) is 8.20. The maximum absolute atomic E-state index is 12.2. The number of aryl methyl sites for hydroxylation is 1. The average Bonchev–Trinajstić information content (AvgIpc) is 2.78. The van der Waals surface area contributed by atoms with Crippen molar-refractivity contribution in [2.24, 2.45) is 0 Å². The molecule has 0 saturated heterocycles. The van der Waals surface area contributed by atoms with Crippen molar-refractivity contribution < 1.29 is 18.7 Å². The van der Waals surface area contributed by atoms with Gasteiger partial charge in [0.25, 0.3) is 0 Å². The monoisotopic (exact) mass is 420 g/mol. The molecular formula is C27H29FO3. The molecule has 0 aliphatic heterocycles. The molecule has 0 bridgehead atoms. The second kappa shape index (κ2) is 10.8. The van der Waals surface area contributed by atoms with Gasteiger partial charge in [0, 0.05) is 0 Å². The number of carbonyl (C=O) groups excluding carboxylic acids is 1. The Morgan fingerprint density at radius 1 is 0.903 bits per heavy atom. The number of benzene rings is 3. The highest BCUT2D eigenvalue weighted by atomic mass is 19.1. The summed E-state index contributed by atoms with van der Waals surface area (Å²) in [7, 11) is 0. The molecular weight excluding hydrogens is 391 g/mol. The van der Waals surface area contributed by atoms with Crippen molar-refractivity contribution in [1.82, 2.24) is 0 Å². The fourth-order valence-electron chi connectivity index (χ4n) is 3.54. The van der Waals surface area contributed by atoms with Gasteiger partial charge in [0.2, 0.25) is 0 Å². The van der Waals surface area contributed by atoms with Gasteiger partial charge in [-0.15, -0.1) is 0 Å². The minimum atomic E-state index is -0.669. The molecule has 4 heteroatoms. The molecule has 0 aliphatic carbocycles. The molecule has 3 nitrogen and oxygen atoms in total. The van der Waals surface area contributed by atoms with Gasteiger partial charge in [0.1, 0.15) is 24.8 Å². The van der Waals surface area contributed by atoms with Crippen molar-refractivity contribution in [3.05, 3.63) is 95.6 Å². The predicted octanol–water partition coefficient (Wildman–Crippen LogP) is 6.91. The van der Waals surface area contributed by atoms with E-state index in [1.54, 1.807) is 12.1 Å². The van der Waals surface area contributed by atoms with Crippen molar-refractivity contribution in [1.29, 1.82) is 0 Å². The molecule has 31 heavy (non-hydrogen) atoms. The molecule has 0 amide bonds. The number of ether oxygens (including phenoxy) is 2. The van der Waals surface area contributed by atoms with Crippen molar-refractivity contribution in [2.75, 3.05) is 13.3 Å². The summed E-state index contributed by atoms with van der Waals surface area (Å²) in [6.45, 7) is 3.54. The lowest BCUT2D eigenvalue weighted by atomic mass is 9.79. The van der Waals surface area contributed by atoms with Gasteiger partial charge in [0.15, 0.2) is 0 Å². The molecule has 0 atom stereocenters. The summed E-state index contributed by atoms with van der Waals surface area (Å²) in [5.74, 6) is 1.19. The number of para-hydroxylation sites is 1. The summed E-state index contributed by atoms with van der Waals surface area (Å²) < 4.78 is 22.9. The van der Waals surface area contributed by atoms with E-state index in [4.69, 9.17) is 9.47 Å². The summed E-state index contributed by atoms with van der Waals surface area (Å²) in [6.07, 6.45) is 2.99. The van der Waals surface area contributed by atoms with Crippen LogP contribution in [0.2, 0.25) is 0 Å². The fourth-order valence-corrected chi connectivity index (χ4v) is 3.54. The summed E-state index contributed by atoms with van der Waals surface area (Å²) in [5.41, 5.74) is 2.83. The number of esters is 1. The molecule has 0 unspecified atom stereocenters. The summed E-state index contributed by atoms with van der Waals surface area (Å²) in [4.78, 5) is 11.8. The Morgan fingerprint density at radius 2 is 1.61 bits per heavy atom. The summed E-state index contributed by atoms with van der Waals surface area (Å²) in [5, 5.41) is 0. The van der Waals surface area contributed by atoms with E-state index in [-0.39, 0.29) is 12.0 Å². The standard InChI is InChI=1S/C27H29FO3/c1-27(2,23-15-13-22(14-16-23)26(29)30-19-18-28)17-7-9-21-8-6-12-25(20-21)31-24-10-4-3-5-11-24/h3-6,8,10-16,20H,7,9,17-19H2,1-2H3. The first kappa shape index (κ1) is 22.5. The lowest BCUT2D eigenvalue weighted by molar-refractivity contribution is 0.0481. The third-order valence-corrected chi connectivity index (χ3v) is 5.36. The number of halogens is 1. The van der Waals surface area contributed by atoms with Crippen LogP contribution in [0.15, 0.2) is 78.9 Å². The van der Waals surface area contributed by atoms with E-state index in [0.29, 0.717) is 5.56 Å². The van der Waals surface area contributed by atoms with Gasteiger partial charge in [0.05, 0.1) is 5.56 Å². The minimum Gasteiger partial charge on any atom is -0.459 e. The number of alkyl halides is 1. The Labute approximate surface area is 183 Å². The SMILES string of the molecule is CC(C)(CCCc1cccc(Oc2ccccc2)c1)c1ccc(C(=O)OCCF)cc1. The van der Waals surface area contributed by atoms with Gasteiger partial charge >= 0.3 is 5.97 Å². The van der Waals surface area contributed by atoms with Crippen LogP contribution in [0.3, 0.4) is 0 Å². The van der Waals surface area contributed by atoms with Crippen LogP contribution in [0.1, 0.15) is 48.2 Å². The Hall–Kier alpha value is -3.14. The number of rotatable bonds is 10. The van der Waals surface area contributed by atoms with E-state index in [0.717, 1.165) is 36.3 Å². The lowest BCUT2D eigenvalue weighted by Gasteiger charge is -2.25. The third-order valence-electron chi connectivity index (χ3n) is 5.36. The molecule has 0 radical (unpaired) electrons. The highest BCUT2D eigenvalue weighted by molar-refractivity contribution is 5.89. The Bertz CT molecular complexity index is 965. The van der Waals surface area contributed by atoms with Crippen LogP contribution in [0.4, 0.5) is 4.39 Å². The van der Waals surface area contributed by atoms with Crippen LogP contribution in [-0.2, 0) is 16.6 Å². The van der Waals surface area contributed by atoms with Gasteiger partial charge in [-0.3, -0.25) is 0 Å². The van der Waals surface area contributed by atoms with Crippen molar-refractivity contribution >= 4 is 5.97 Å². The predicted molar refractivity (Wildman–Crippen MR) is 122 cm³/mol. The largest absolute Gasteiger partial charge is 0.459 e. The lowest BCUT2D eigenvalue weighted by Crippen LogP contribution is -2.17. The highest BCUT2D eigenvalue weighted by Crippen LogP contribution is 2.30. The molecule has 0 heterocycles. The molecule has 3 rings (SSSR count). The molecule has 3 aromatic carbocycles. The van der Waals surface area contributed by atoms with Crippen LogP contribution >= 0.6 is 0 Å². The average molecular weight is 421 g/mol. The van der Waals surface area contributed by atoms with E-state index >= 15 is 0 Å². The van der Waals surface area contributed by atoms with Crippen LogP contribution in [-0.4, -0.2) is 19.3 Å². The van der Waals surface area contributed by atoms with E-state index < -0.39 is 12.6 Å². The normalized spacial score (nSPS) is 11.2. The quantitative estimate of drug-likeness (QED) is 0.335. The van der Waals surface area contributed by atoms with Gasteiger partial charge in [-0.1, -0.05) is 56.3 Å². The second-order valence-electron chi connectivity index (χ2n) is 8.20.